The third kappa shape index (κ3) is 4.62. The SMILES string of the molecule is Nc1cc(Oc2ccc(C3=NN=C(Cc4cccc(C(F)(F)F)c4)C3)cc2)ncn1. The molecule has 0 atom stereocenters. The van der Waals surface area contributed by atoms with Gasteiger partial charge in [0.15, 0.2) is 0 Å². The highest BCUT2D eigenvalue weighted by Crippen LogP contribution is 2.30. The zero-order valence-corrected chi connectivity index (χ0v) is 15.6. The molecule has 152 valence electrons. The van der Waals surface area contributed by atoms with E-state index in [0.717, 1.165) is 23.4 Å². The average molecular weight is 411 g/mol. The third-order valence-electron chi connectivity index (χ3n) is 4.42. The van der Waals surface area contributed by atoms with E-state index < -0.39 is 11.7 Å². The number of nitrogen functional groups attached to an aromatic ring is 1. The normalized spacial score (nSPS) is 13.7. The average Bonchev–Trinajstić information content (AvgIpc) is 3.17. The third-order valence-corrected chi connectivity index (χ3v) is 4.42. The van der Waals surface area contributed by atoms with Crippen molar-refractivity contribution in [3.05, 3.63) is 77.6 Å². The van der Waals surface area contributed by atoms with Crippen LogP contribution in [0.15, 0.2) is 71.1 Å². The van der Waals surface area contributed by atoms with Crippen LogP contribution in [-0.2, 0) is 12.6 Å². The van der Waals surface area contributed by atoms with Gasteiger partial charge in [0.2, 0.25) is 5.88 Å². The van der Waals surface area contributed by atoms with Crippen molar-refractivity contribution in [2.45, 2.75) is 19.0 Å². The van der Waals surface area contributed by atoms with E-state index in [9.17, 15) is 13.2 Å². The number of nitrogens with zero attached hydrogens (tertiary/aromatic N) is 4. The van der Waals surface area contributed by atoms with Crippen LogP contribution < -0.4 is 10.5 Å². The summed E-state index contributed by atoms with van der Waals surface area (Å²) < 4.78 is 44.3. The summed E-state index contributed by atoms with van der Waals surface area (Å²) >= 11 is 0. The van der Waals surface area contributed by atoms with Gasteiger partial charge in [-0.15, -0.1) is 0 Å². The van der Waals surface area contributed by atoms with Gasteiger partial charge in [-0.3, -0.25) is 0 Å². The molecule has 0 amide bonds. The maximum absolute atomic E-state index is 12.9. The van der Waals surface area contributed by atoms with Gasteiger partial charge in [-0.1, -0.05) is 18.2 Å². The summed E-state index contributed by atoms with van der Waals surface area (Å²) in [4.78, 5) is 7.78. The monoisotopic (exact) mass is 411 g/mol. The van der Waals surface area contributed by atoms with E-state index in [1.54, 1.807) is 18.2 Å². The Hall–Kier alpha value is -3.75. The Morgan fingerprint density at radius 1 is 0.967 bits per heavy atom. The quantitative estimate of drug-likeness (QED) is 0.662. The number of nitrogens with two attached hydrogens (primary N) is 1. The molecule has 0 radical (unpaired) electrons. The van der Waals surface area contributed by atoms with Crippen molar-refractivity contribution in [2.75, 3.05) is 5.73 Å². The first-order valence-electron chi connectivity index (χ1n) is 9.01. The Morgan fingerprint density at radius 3 is 2.50 bits per heavy atom. The van der Waals surface area contributed by atoms with Gasteiger partial charge in [-0.25, -0.2) is 9.97 Å². The van der Waals surface area contributed by atoms with E-state index in [1.807, 2.05) is 12.1 Å². The Balaban J connectivity index is 1.38. The van der Waals surface area contributed by atoms with Gasteiger partial charge in [0.25, 0.3) is 0 Å². The molecule has 0 saturated carbocycles. The Bertz CT molecular complexity index is 1120. The molecule has 0 bridgehead atoms. The standard InChI is InChI=1S/C21H16F3N5O/c22-21(23,24)15-3-1-2-13(8-15)9-16-10-18(29-28-16)14-4-6-17(7-5-14)30-20-11-19(25)26-12-27-20/h1-8,11-12H,9-10H2,(H2,25,26,27). The van der Waals surface area contributed by atoms with Crippen molar-refractivity contribution in [3.8, 4) is 11.6 Å². The molecule has 2 aromatic carbocycles. The van der Waals surface area contributed by atoms with Gasteiger partial charge in [0.05, 0.1) is 17.0 Å². The first-order chi connectivity index (χ1) is 14.4. The fourth-order valence-electron chi connectivity index (χ4n) is 2.99. The lowest BCUT2D eigenvalue weighted by Crippen LogP contribution is -2.09. The maximum Gasteiger partial charge on any atom is 0.416 e. The van der Waals surface area contributed by atoms with E-state index in [4.69, 9.17) is 10.5 Å². The maximum atomic E-state index is 12.9. The Labute approximate surface area is 170 Å². The van der Waals surface area contributed by atoms with Crippen LogP contribution in [0, 0.1) is 0 Å². The van der Waals surface area contributed by atoms with Crippen molar-refractivity contribution in [1.29, 1.82) is 0 Å². The molecule has 9 heteroatoms. The minimum absolute atomic E-state index is 0.308. The van der Waals surface area contributed by atoms with Crippen LogP contribution in [0.3, 0.4) is 0 Å². The number of aromatic nitrogens is 2. The molecule has 3 aromatic rings. The number of alkyl halides is 3. The summed E-state index contributed by atoms with van der Waals surface area (Å²) in [5.74, 6) is 1.21. The summed E-state index contributed by atoms with van der Waals surface area (Å²) in [7, 11) is 0. The zero-order chi connectivity index (χ0) is 21.1. The topological polar surface area (TPSA) is 85.8 Å². The predicted molar refractivity (Wildman–Crippen MR) is 107 cm³/mol. The second-order valence-electron chi connectivity index (χ2n) is 6.67. The number of ether oxygens (including phenoxy) is 1. The highest BCUT2D eigenvalue weighted by atomic mass is 19.4. The van der Waals surface area contributed by atoms with E-state index in [-0.39, 0.29) is 0 Å². The molecule has 0 saturated heterocycles. The Morgan fingerprint density at radius 2 is 1.77 bits per heavy atom. The molecular weight excluding hydrogens is 395 g/mol. The molecule has 0 aliphatic carbocycles. The highest BCUT2D eigenvalue weighted by molar-refractivity contribution is 6.15. The molecule has 0 fully saturated rings. The van der Waals surface area contributed by atoms with Crippen LogP contribution in [-0.4, -0.2) is 21.4 Å². The van der Waals surface area contributed by atoms with Crippen LogP contribution in [0.1, 0.15) is 23.1 Å². The van der Waals surface area contributed by atoms with Crippen molar-refractivity contribution >= 4 is 17.2 Å². The predicted octanol–water partition coefficient (Wildman–Crippen LogP) is 4.66. The van der Waals surface area contributed by atoms with Gasteiger partial charge in [0.1, 0.15) is 17.9 Å². The van der Waals surface area contributed by atoms with Gasteiger partial charge >= 0.3 is 6.18 Å². The van der Waals surface area contributed by atoms with Crippen LogP contribution in [0.4, 0.5) is 19.0 Å². The van der Waals surface area contributed by atoms with Crippen molar-refractivity contribution in [3.63, 3.8) is 0 Å². The summed E-state index contributed by atoms with van der Waals surface area (Å²) in [5, 5.41) is 8.33. The minimum atomic E-state index is -4.36. The second-order valence-corrected chi connectivity index (χ2v) is 6.67. The highest BCUT2D eigenvalue weighted by Gasteiger charge is 2.30. The van der Waals surface area contributed by atoms with Crippen molar-refractivity contribution in [1.82, 2.24) is 9.97 Å². The lowest BCUT2D eigenvalue weighted by Gasteiger charge is -2.09. The van der Waals surface area contributed by atoms with Crippen LogP contribution >= 0.6 is 0 Å². The first-order valence-corrected chi connectivity index (χ1v) is 9.01. The van der Waals surface area contributed by atoms with Gasteiger partial charge < -0.3 is 10.5 Å². The largest absolute Gasteiger partial charge is 0.439 e. The molecule has 1 aliphatic rings. The van der Waals surface area contributed by atoms with Crippen LogP contribution in [0.5, 0.6) is 11.6 Å². The number of benzene rings is 2. The Kier molecular flexibility index (Phi) is 5.18. The van der Waals surface area contributed by atoms with E-state index >= 15 is 0 Å². The molecule has 0 unspecified atom stereocenters. The molecular formula is C21H16F3N5O. The molecule has 1 aliphatic heterocycles. The van der Waals surface area contributed by atoms with Crippen LogP contribution in [0.25, 0.3) is 0 Å². The second kappa shape index (κ2) is 7.94. The van der Waals surface area contributed by atoms with E-state index in [0.29, 0.717) is 41.6 Å². The van der Waals surface area contributed by atoms with Crippen LogP contribution in [0.2, 0.25) is 0 Å². The summed E-state index contributed by atoms with van der Waals surface area (Å²) in [5.41, 5.74) is 7.79. The van der Waals surface area contributed by atoms with E-state index in [2.05, 4.69) is 20.2 Å². The van der Waals surface area contributed by atoms with Gasteiger partial charge in [-0.05, 0) is 41.5 Å². The number of anilines is 1. The molecule has 30 heavy (non-hydrogen) atoms. The fraction of sp³-hybridized carbons (Fsp3) is 0.143. The minimum Gasteiger partial charge on any atom is -0.439 e. The summed E-state index contributed by atoms with van der Waals surface area (Å²) in [6.07, 6.45) is -2.27. The smallest absolute Gasteiger partial charge is 0.416 e. The lowest BCUT2D eigenvalue weighted by atomic mass is 10.00. The molecule has 0 spiro atoms. The number of halogens is 3. The molecule has 2 N–H and O–H groups in total. The molecule has 4 rings (SSSR count). The lowest BCUT2D eigenvalue weighted by molar-refractivity contribution is -0.137. The van der Waals surface area contributed by atoms with Gasteiger partial charge in [0, 0.05) is 18.9 Å². The fourth-order valence-corrected chi connectivity index (χ4v) is 2.99. The van der Waals surface area contributed by atoms with E-state index in [1.165, 1.54) is 18.5 Å². The van der Waals surface area contributed by atoms with Crippen molar-refractivity contribution < 1.29 is 17.9 Å². The molecule has 2 heterocycles. The number of hydrogen-bond acceptors (Lipinski definition) is 6. The zero-order valence-electron chi connectivity index (χ0n) is 15.6. The number of rotatable bonds is 5. The molecule has 1 aromatic heterocycles. The molecule has 6 nitrogen and oxygen atoms in total. The van der Waals surface area contributed by atoms with Gasteiger partial charge in [-0.2, -0.15) is 23.4 Å². The summed E-state index contributed by atoms with van der Waals surface area (Å²) in [6.45, 7) is 0. The van der Waals surface area contributed by atoms with Crippen molar-refractivity contribution in [2.24, 2.45) is 10.2 Å². The first kappa shape index (κ1) is 19.6. The number of hydrogen-bond donors (Lipinski definition) is 1. The summed E-state index contributed by atoms with van der Waals surface area (Å²) in [6, 6.07) is 14.0.